The van der Waals surface area contributed by atoms with Gasteiger partial charge in [0.15, 0.2) is 0 Å². The molecule has 1 heterocycles. The highest BCUT2D eigenvalue weighted by atomic mass is 35.5. The van der Waals surface area contributed by atoms with Crippen molar-refractivity contribution in [2.75, 3.05) is 12.3 Å². The van der Waals surface area contributed by atoms with Crippen molar-refractivity contribution in [3.05, 3.63) is 33.8 Å². The van der Waals surface area contributed by atoms with Gasteiger partial charge < -0.3 is 4.90 Å². The van der Waals surface area contributed by atoms with Crippen LogP contribution in [0.1, 0.15) is 12.0 Å². The molecule has 5 heteroatoms. The van der Waals surface area contributed by atoms with Gasteiger partial charge in [0.25, 0.3) is 0 Å². The molecular formula is C12H13Cl2NOS. The number of thiol groups is 1. The van der Waals surface area contributed by atoms with E-state index in [-0.39, 0.29) is 5.91 Å². The highest BCUT2D eigenvalue weighted by molar-refractivity contribution is 7.80. The van der Waals surface area contributed by atoms with E-state index >= 15 is 0 Å². The molecule has 1 aromatic rings. The van der Waals surface area contributed by atoms with E-state index in [2.05, 4.69) is 12.6 Å². The van der Waals surface area contributed by atoms with Crippen molar-refractivity contribution in [2.45, 2.75) is 13.0 Å². The van der Waals surface area contributed by atoms with Gasteiger partial charge in [0.2, 0.25) is 5.91 Å². The molecule has 92 valence electrons. The molecule has 1 amide bonds. The van der Waals surface area contributed by atoms with Crippen LogP contribution < -0.4 is 0 Å². The van der Waals surface area contributed by atoms with Gasteiger partial charge in [0.05, 0.1) is 10.0 Å². The van der Waals surface area contributed by atoms with Gasteiger partial charge in [-0.25, -0.2) is 0 Å². The summed E-state index contributed by atoms with van der Waals surface area (Å²) in [6, 6.07) is 5.49. The van der Waals surface area contributed by atoms with Crippen molar-refractivity contribution in [3.8, 4) is 0 Å². The van der Waals surface area contributed by atoms with Crippen LogP contribution in [0, 0.1) is 5.92 Å². The Morgan fingerprint density at radius 3 is 2.82 bits per heavy atom. The number of nitrogens with zero attached hydrogens (tertiary/aromatic N) is 1. The fraction of sp³-hybridized carbons (Fsp3) is 0.417. The van der Waals surface area contributed by atoms with Gasteiger partial charge in [-0.2, -0.15) is 12.6 Å². The zero-order chi connectivity index (χ0) is 12.4. The van der Waals surface area contributed by atoms with E-state index in [4.69, 9.17) is 23.2 Å². The normalized spacial score (nSPS) is 20.1. The first kappa shape index (κ1) is 13.1. The second-order valence-electron chi connectivity index (χ2n) is 4.24. The highest BCUT2D eigenvalue weighted by Crippen LogP contribution is 2.28. The number of amides is 1. The Morgan fingerprint density at radius 1 is 1.41 bits per heavy atom. The van der Waals surface area contributed by atoms with Gasteiger partial charge in [0.1, 0.15) is 0 Å². The number of rotatable bonds is 3. The maximum Gasteiger partial charge on any atom is 0.223 e. The van der Waals surface area contributed by atoms with Crippen molar-refractivity contribution < 1.29 is 4.79 Å². The van der Waals surface area contributed by atoms with Crippen molar-refractivity contribution in [1.29, 1.82) is 0 Å². The highest BCUT2D eigenvalue weighted by Gasteiger charge is 2.28. The maximum absolute atomic E-state index is 11.8. The largest absolute Gasteiger partial charge is 0.338 e. The first-order valence-electron chi connectivity index (χ1n) is 5.43. The molecule has 2 nitrogen and oxygen atoms in total. The number of carbonyl (C=O) groups is 1. The molecule has 1 aliphatic rings. The topological polar surface area (TPSA) is 20.3 Å². The molecule has 0 radical (unpaired) electrons. The average Bonchev–Trinajstić information content (AvgIpc) is 2.66. The monoisotopic (exact) mass is 289 g/mol. The van der Waals surface area contributed by atoms with Crippen LogP contribution in [-0.4, -0.2) is 23.1 Å². The summed E-state index contributed by atoms with van der Waals surface area (Å²) in [6.07, 6.45) is 0.585. The molecule has 0 saturated carbocycles. The van der Waals surface area contributed by atoms with Crippen molar-refractivity contribution in [3.63, 3.8) is 0 Å². The molecule has 1 atom stereocenters. The van der Waals surface area contributed by atoms with E-state index in [0.29, 0.717) is 28.9 Å². The van der Waals surface area contributed by atoms with Crippen LogP contribution in [0.3, 0.4) is 0 Å². The van der Waals surface area contributed by atoms with Gasteiger partial charge in [-0.3, -0.25) is 4.79 Å². The van der Waals surface area contributed by atoms with Gasteiger partial charge in [0, 0.05) is 19.5 Å². The minimum Gasteiger partial charge on any atom is -0.338 e. The average molecular weight is 290 g/mol. The predicted molar refractivity (Wildman–Crippen MR) is 73.8 cm³/mol. The molecule has 0 N–H and O–H groups in total. The van der Waals surface area contributed by atoms with E-state index in [1.54, 1.807) is 6.07 Å². The van der Waals surface area contributed by atoms with Crippen LogP contribution in [-0.2, 0) is 11.3 Å². The summed E-state index contributed by atoms with van der Waals surface area (Å²) in [5, 5.41) is 1.07. The smallest absolute Gasteiger partial charge is 0.223 e. The van der Waals surface area contributed by atoms with Crippen LogP contribution in [0.15, 0.2) is 18.2 Å². The molecule has 0 spiro atoms. The van der Waals surface area contributed by atoms with Crippen LogP contribution >= 0.6 is 35.8 Å². The summed E-state index contributed by atoms with van der Waals surface area (Å²) in [7, 11) is 0. The molecule has 1 fully saturated rings. The number of benzene rings is 1. The summed E-state index contributed by atoms with van der Waals surface area (Å²) in [4.78, 5) is 13.6. The Balaban J connectivity index is 2.11. The standard InChI is InChI=1S/C12H13Cl2NOS/c13-10-3-1-2-9(12(10)14)6-15-5-8(7-17)4-11(15)16/h1-3,8,17H,4-7H2. The molecule has 1 saturated heterocycles. The fourth-order valence-corrected chi connectivity index (χ4v) is 2.63. The molecule has 0 aliphatic carbocycles. The second kappa shape index (κ2) is 5.51. The van der Waals surface area contributed by atoms with Gasteiger partial charge in [-0.05, 0) is 23.3 Å². The lowest BCUT2D eigenvalue weighted by Gasteiger charge is -2.17. The zero-order valence-electron chi connectivity index (χ0n) is 9.20. The van der Waals surface area contributed by atoms with E-state index in [1.807, 2.05) is 17.0 Å². The Bertz CT molecular complexity index is 439. The third-order valence-electron chi connectivity index (χ3n) is 2.95. The first-order chi connectivity index (χ1) is 8.11. The number of halogens is 2. The van der Waals surface area contributed by atoms with Crippen molar-refractivity contribution >= 4 is 41.7 Å². The molecule has 1 unspecified atom stereocenters. The molecule has 1 aromatic carbocycles. The summed E-state index contributed by atoms with van der Waals surface area (Å²) in [5.74, 6) is 1.26. The number of hydrogen-bond donors (Lipinski definition) is 1. The summed E-state index contributed by atoms with van der Waals surface area (Å²) in [5.41, 5.74) is 0.896. The molecule has 2 rings (SSSR count). The Labute approximate surface area is 116 Å². The Morgan fingerprint density at radius 2 is 2.18 bits per heavy atom. The Hall–Kier alpha value is -0.380. The van der Waals surface area contributed by atoms with E-state index < -0.39 is 0 Å². The zero-order valence-corrected chi connectivity index (χ0v) is 11.6. The van der Waals surface area contributed by atoms with Gasteiger partial charge in [-0.1, -0.05) is 35.3 Å². The fourth-order valence-electron chi connectivity index (χ4n) is 2.01. The second-order valence-corrected chi connectivity index (χ2v) is 5.39. The van der Waals surface area contributed by atoms with Crippen molar-refractivity contribution in [1.82, 2.24) is 4.90 Å². The summed E-state index contributed by atoms with van der Waals surface area (Å²) >= 11 is 16.3. The lowest BCUT2D eigenvalue weighted by atomic mass is 10.1. The number of likely N-dealkylation sites (tertiary alicyclic amines) is 1. The van der Waals surface area contributed by atoms with E-state index in [1.165, 1.54) is 0 Å². The number of carbonyl (C=O) groups excluding carboxylic acids is 1. The minimum absolute atomic E-state index is 0.167. The third-order valence-corrected chi connectivity index (χ3v) is 4.32. The predicted octanol–water partition coefficient (Wildman–Crippen LogP) is 3.27. The van der Waals surface area contributed by atoms with Crippen LogP contribution in [0.25, 0.3) is 0 Å². The lowest BCUT2D eigenvalue weighted by molar-refractivity contribution is -0.128. The molecule has 0 bridgehead atoms. The maximum atomic E-state index is 11.8. The van der Waals surface area contributed by atoms with Crippen LogP contribution in [0.2, 0.25) is 10.0 Å². The van der Waals surface area contributed by atoms with Gasteiger partial charge >= 0.3 is 0 Å². The molecule has 0 aromatic heterocycles. The van der Waals surface area contributed by atoms with Crippen molar-refractivity contribution in [2.24, 2.45) is 5.92 Å². The quantitative estimate of drug-likeness (QED) is 0.847. The molecule has 17 heavy (non-hydrogen) atoms. The number of hydrogen-bond acceptors (Lipinski definition) is 2. The minimum atomic E-state index is 0.167. The lowest BCUT2D eigenvalue weighted by Crippen LogP contribution is -2.24. The SMILES string of the molecule is O=C1CC(CS)CN1Cc1cccc(Cl)c1Cl. The molecular weight excluding hydrogens is 277 g/mol. The van der Waals surface area contributed by atoms with Crippen LogP contribution in [0.5, 0.6) is 0 Å². The summed E-state index contributed by atoms with van der Waals surface area (Å²) in [6.45, 7) is 1.29. The first-order valence-corrected chi connectivity index (χ1v) is 6.82. The Kier molecular flexibility index (Phi) is 4.23. The van der Waals surface area contributed by atoms with Gasteiger partial charge in [-0.15, -0.1) is 0 Å². The third kappa shape index (κ3) is 2.90. The summed E-state index contributed by atoms with van der Waals surface area (Å²) < 4.78 is 0. The van der Waals surface area contributed by atoms with Crippen LogP contribution in [0.4, 0.5) is 0 Å². The van der Waals surface area contributed by atoms with E-state index in [9.17, 15) is 4.79 Å². The van der Waals surface area contributed by atoms with E-state index in [0.717, 1.165) is 17.9 Å². The molecule has 1 aliphatic heterocycles.